The van der Waals surface area contributed by atoms with E-state index < -0.39 is 10.0 Å². The lowest BCUT2D eigenvalue weighted by Crippen LogP contribution is -2.15. The van der Waals surface area contributed by atoms with E-state index in [1.54, 1.807) is 25.1 Å². The van der Waals surface area contributed by atoms with Crippen molar-refractivity contribution in [2.24, 2.45) is 5.73 Å². The Morgan fingerprint density at radius 3 is 2.59 bits per heavy atom. The number of nitrogens with two attached hydrogens (primary N) is 1. The largest absolute Gasteiger partial charge is 0.494 e. The smallest absolute Gasteiger partial charge is 0.232 e. The first-order valence-corrected chi connectivity index (χ1v) is 7.14. The van der Waals surface area contributed by atoms with Crippen LogP contribution in [0.2, 0.25) is 0 Å². The van der Waals surface area contributed by atoms with Gasteiger partial charge in [0.05, 0.1) is 12.4 Å². The summed E-state index contributed by atoms with van der Waals surface area (Å²) in [7, 11) is -3.25. The van der Waals surface area contributed by atoms with Gasteiger partial charge in [-0.2, -0.15) is 0 Å². The van der Waals surface area contributed by atoms with Crippen molar-refractivity contribution in [1.82, 2.24) is 0 Å². The molecule has 1 aromatic rings. The summed E-state index contributed by atoms with van der Waals surface area (Å²) in [4.78, 5) is 0. The molecule has 3 N–H and O–H groups in total. The van der Waals surface area contributed by atoms with Crippen LogP contribution in [0, 0.1) is 0 Å². The summed E-state index contributed by atoms with van der Waals surface area (Å²) < 4.78 is 30.7. The van der Waals surface area contributed by atoms with E-state index in [4.69, 9.17) is 10.5 Å². The van der Waals surface area contributed by atoms with Gasteiger partial charge in [0.1, 0.15) is 5.75 Å². The summed E-state index contributed by atoms with van der Waals surface area (Å²) in [5.74, 6) is 0.729. The molecule has 0 aliphatic carbocycles. The summed E-state index contributed by atoms with van der Waals surface area (Å²) in [6, 6.07) is 5.08. The van der Waals surface area contributed by atoms with Gasteiger partial charge in [0, 0.05) is 17.8 Å². The average molecular weight is 258 g/mol. The van der Waals surface area contributed by atoms with Gasteiger partial charge in [0.25, 0.3) is 0 Å². The van der Waals surface area contributed by atoms with E-state index in [1.165, 1.54) is 0 Å². The Morgan fingerprint density at radius 1 is 1.35 bits per heavy atom. The van der Waals surface area contributed by atoms with Gasteiger partial charge in [0.2, 0.25) is 10.0 Å². The quantitative estimate of drug-likeness (QED) is 0.806. The molecule has 0 heterocycles. The minimum Gasteiger partial charge on any atom is -0.494 e. The third-order valence-corrected chi connectivity index (χ3v) is 3.54. The number of ether oxygens (including phenoxy) is 1. The van der Waals surface area contributed by atoms with E-state index in [-0.39, 0.29) is 5.75 Å². The first-order chi connectivity index (χ1) is 8.02. The summed E-state index contributed by atoms with van der Waals surface area (Å²) in [5.41, 5.74) is 6.88. The number of hydrogen-bond donors (Lipinski definition) is 2. The van der Waals surface area contributed by atoms with Crippen LogP contribution in [0.3, 0.4) is 0 Å². The highest BCUT2D eigenvalue weighted by Gasteiger charge is 2.09. The van der Waals surface area contributed by atoms with Gasteiger partial charge in [-0.15, -0.1) is 0 Å². The van der Waals surface area contributed by atoms with Gasteiger partial charge in [0.15, 0.2) is 0 Å². The summed E-state index contributed by atoms with van der Waals surface area (Å²) >= 11 is 0. The second-order valence-electron chi connectivity index (χ2n) is 3.47. The van der Waals surface area contributed by atoms with Gasteiger partial charge < -0.3 is 10.5 Å². The Hall–Kier alpha value is -1.27. The molecule has 0 unspecified atom stereocenters. The number of sulfonamides is 1. The molecule has 96 valence electrons. The Kier molecular flexibility index (Phi) is 4.77. The molecule has 0 aliphatic heterocycles. The normalized spacial score (nSPS) is 11.2. The fraction of sp³-hybridized carbons (Fsp3) is 0.455. The maximum Gasteiger partial charge on any atom is 0.232 e. The molecule has 5 nitrogen and oxygen atoms in total. The van der Waals surface area contributed by atoms with Crippen LogP contribution in [0.1, 0.15) is 19.4 Å². The molecule has 1 rings (SSSR count). The number of hydrogen-bond acceptors (Lipinski definition) is 4. The molecule has 0 fully saturated rings. The van der Waals surface area contributed by atoms with Crippen molar-refractivity contribution in [2.75, 3.05) is 17.1 Å². The summed E-state index contributed by atoms with van der Waals surface area (Å²) in [6.45, 7) is 4.32. The summed E-state index contributed by atoms with van der Waals surface area (Å²) in [5, 5.41) is 0. The highest BCUT2D eigenvalue weighted by atomic mass is 32.2. The van der Waals surface area contributed by atoms with Gasteiger partial charge in [-0.25, -0.2) is 8.42 Å². The molecule has 0 spiro atoms. The zero-order valence-electron chi connectivity index (χ0n) is 10.1. The summed E-state index contributed by atoms with van der Waals surface area (Å²) in [6.07, 6.45) is 0. The maximum atomic E-state index is 11.4. The van der Waals surface area contributed by atoms with E-state index >= 15 is 0 Å². The first kappa shape index (κ1) is 13.8. The van der Waals surface area contributed by atoms with Gasteiger partial charge >= 0.3 is 0 Å². The molecule has 0 aromatic heterocycles. The molecule has 0 saturated heterocycles. The lowest BCUT2D eigenvalue weighted by atomic mass is 10.2. The van der Waals surface area contributed by atoms with Crippen molar-refractivity contribution in [2.45, 2.75) is 20.4 Å². The molecule has 17 heavy (non-hydrogen) atoms. The number of rotatable bonds is 6. The fourth-order valence-electron chi connectivity index (χ4n) is 1.35. The SMILES string of the molecule is CCOc1ccc(NS(=O)(=O)CC)cc1CN. The van der Waals surface area contributed by atoms with Gasteiger partial charge in [-0.05, 0) is 32.0 Å². The van der Waals surface area contributed by atoms with Crippen LogP contribution in [0.5, 0.6) is 5.75 Å². The van der Waals surface area contributed by atoms with Crippen molar-refractivity contribution < 1.29 is 13.2 Å². The first-order valence-electron chi connectivity index (χ1n) is 5.48. The van der Waals surface area contributed by atoms with Gasteiger partial charge in [-0.3, -0.25) is 4.72 Å². The zero-order chi connectivity index (χ0) is 12.9. The van der Waals surface area contributed by atoms with Crippen LogP contribution in [0.15, 0.2) is 18.2 Å². The fourth-order valence-corrected chi connectivity index (χ4v) is 1.98. The van der Waals surface area contributed by atoms with Crippen molar-refractivity contribution in [3.63, 3.8) is 0 Å². The Bertz CT molecular complexity index is 472. The molecule has 0 amide bonds. The molecule has 0 atom stereocenters. The van der Waals surface area contributed by atoms with Crippen LogP contribution >= 0.6 is 0 Å². The van der Waals surface area contributed by atoms with E-state index in [1.807, 2.05) is 6.92 Å². The topological polar surface area (TPSA) is 81.4 Å². The van der Waals surface area contributed by atoms with Crippen molar-refractivity contribution in [3.05, 3.63) is 23.8 Å². The molecule has 6 heteroatoms. The van der Waals surface area contributed by atoms with Crippen LogP contribution in [-0.4, -0.2) is 20.8 Å². The molecule has 1 aromatic carbocycles. The van der Waals surface area contributed by atoms with Crippen LogP contribution in [0.4, 0.5) is 5.69 Å². The van der Waals surface area contributed by atoms with E-state index in [9.17, 15) is 8.42 Å². The highest BCUT2D eigenvalue weighted by molar-refractivity contribution is 7.92. The van der Waals surface area contributed by atoms with Crippen LogP contribution in [-0.2, 0) is 16.6 Å². The Morgan fingerprint density at radius 2 is 2.06 bits per heavy atom. The predicted molar refractivity (Wildman–Crippen MR) is 68.6 cm³/mol. The standard InChI is InChI=1S/C11H18N2O3S/c1-3-16-11-6-5-10(7-9(11)8-12)13-17(14,15)4-2/h5-7,13H,3-4,8,12H2,1-2H3. The zero-order valence-corrected chi connectivity index (χ0v) is 10.9. The monoisotopic (exact) mass is 258 g/mol. The maximum absolute atomic E-state index is 11.4. The molecule has 0 aliphatic rings. The lowest BCUT2D eigenvalue weighted by Gasteiger charge is -2.12. The number of nitrogens with one attached hydrogen (secondary N) is 1. The average Bonchev–Trinajstić information content (AvgIpc) is 2.31. The third-order valence-electron chi connectivity index (χ3n) is 2.23. The predicted octanol–water partition coefficient (Wildman–Crippen LogP) is 1.31. The van der Waals surface area contributed by atoms with Gasteiger partial charge in [-0.1, -0.05) is 0 Å². The molecule has 0 saturated carbocycles. The van der Waals surface area contributed by atoms with Crippen molar-refractivity contribution in [3.8, 4) is 5.75 Å². The second kappa shape index (κ2) is 5.88. The number of benzene rings is 1. The van der Waals surface area contributed by atoms with Crippen molar-refractivity contribution >= 4 is 15.7 Å². The van der Waals surface area contributed by atoms with E-state index in [2.05, 4.69) is 4.72 Å². The Balaban J connectivity index is 2.97. The minimum absolute atomic E-state index is 0.0399. The number of anilines is 1. The third kappa shape index (κ3) is 3.90. The molecule has 0 bridgehead atoms. The molecule has 0 radical (unpaired) electrons. The second-order valence-corrected chi connectivity index (χ2v) is 5.48. The highest BCUT2D eigenvalue weighted by Crippen LogP contribution is 2.23. The molecular weight excluding hydrogens is 240 g/mol. The minimum atomic E-state index is -3.25. The van der Waals surface area contributed by atoms with Crippen molar-refractivity contribution in [1.29, 1.82) is 0 Å². The Labute approximate surface area is 102 Å². The lowest BCUT2D eigenvalue weighted by molar-refractivity contribution is 0.336. The van der Waals surface area contributed by atoms with Crippen LogP contribution in [0.25, 0.3) is 0 Å². The molecular formula is C11H18N2O3S. The van der Waals surface area contributed by atoms with E-state index in [0.717, 1.165) is 5.56 Å². The van der Waals surface area contributed by atoms with E-state index in [0.29, 0.717) is 24.6 Å². The van der Waals surface area contributed by atoms with Crippen LogP contribution < -0.4 is 15.2 Å².